The molecule has 0 spiro atoms. The summed E-state index contributed by atoms with van der Waals surface area (Å²) in [4.78, 5) is 115. The number of esters is 1. The zero-order valence-corrected chi connectivity index (χ0v) is 54.5. The number of allylic oxidation sites excluding steroid dienone is 5. The number of hydrogen-bond acceptors (Lipinski definition) is 33. The molecule has 27 atom stereocenters. The number of ketones is 1. The van der Waals surface area contributed by atoms with E-state index in [0.717, 1.165) is 38.8 Å². The number of primary amides is 2. The summed E-state index contributed by atoms with van der Waals surface area (Å²) in [7, 11) is -5.85. The second-order valence-electron chi connectivity index (χ2n) is 24.0. The number of aliphatic carboxylic acids is 1. The predicted molar refractivity (Wildman–Crippen MR) is 312 cm³/mol. The smallest absolute Gasteiger partial charge is 0.474 e. The number of carboxylic acid groups (broad SMARTS) is 1. The van der Waals surface area contributed by atoms with Crippen molar-refractivity contribution in [3.8, 4) is 0 Å². The van der Waals surface area contributed by atoms with E-state index in [-0.39, 0.29) is 19.4 Å². The Balaban J connectivity index is 1.40. The average Bonchev–Trinajstić information content (AvgIpc) is 1.13. The second-order valence-corrected chi connectivity index (χ2v) is 25.4. The van der Waals surface area contributed by atoms with Crippen LogP contribution < -0.4 is 27.4 Å². The molecule has 1 aliphatic carbocycles. The molecule has 0 radical (unpaired) electrons. The van der Waals surface area contributed by atoms with Crippen LogP contribution in [0.2, 0.25) is 0 Å². The number of ether oxygens (including phenoxy) is 12. The molecule has 5 amide bonds. The number of phosphoric ester groups is 1. The van der Waals surface area contributed by atoms with Crippen molar-refractivity contribution in [1.29, 1.82) is 0 Å². The fourth-order valence-electron chi connectivity index (χ4n) is 11.1. The molecule has 0 bridgehead atoms. The number of carboxylic acids is 1. The van der Waals surface area contributed by atoms with Crippen LogP contribution in [0.1, 0.15) is 81.1 Å². The number of aliphatic hydroxyl groups is 10. The molecule has 0 aromatic heterocycles. The number of phosphoric acid groups is 1. The van der Waals surface area contributed by atoms with Gasteiger partial charge in [0.2, 0.25) is 17.7 Å². The second kappa shape index (κ2) is 34.5. The van der Waals surface area contributed by atoms with Crippen LogP contribution in [-0.4, -0.2) is 294 Å². The highest BCUT2D eigenvalue weighted by atomic mass is 31.2. The predicted octanol–water partition coefficient (Wildman–Crippen LogP) is -6.49. The van der Waals surface area contributed by atoms with Gasteiger partial charge in [0.1, 0.15) is 96.3 Å². The van der Waals surface area contributed by atoms with Crippen molar-refractivity contribution in [2.75, 3.05) is 26.4 Å². The van der Waals surface area contributed by atoms with Crippen LogP contribution in [0.4, 0.5) is 4.79 Å². The van der Waals surface area contributed by atoms with Crippen molar-refractivity contribution in [2.45, 2.75) is 240 Å². The van der Waals surface area contributed by atoms with E-state index in [9.17, 15) is 104 Å². The van der Waals surface area contributed by atoms with E-state index >= 15 is 0 Å². The maximum absolute atomic E-state index is 14.0. The normalized spacial score (nSPS) is 38.0. The molecule has 0 saturated carbocycles. The first-order valence-electron chi connectivity index (χ1n) is 30.3. The molecule has 6 rings (SSSR count). The monoisotopic (exact) mass is 1420 g/mol. The van der Waals surface area contributed by atoms with Crippen LogP contribution in [0.5, 0.6) is 0 Å². The molecule has 1 unspecified atom stereocenters. The Morgan fingerprint density at radius 1 is 0.711 bits per heavy atom. The zero-order chi connectivity index (χ0) is 72.5. The third kappa shape index (κ3) is 20.4. The Hall–Kier alpha value is -5.87. The van der Waals surface area contributed by atoms with Crippen LogP contribution in [0.15, 0.2) is 34.8 Å². The number of carbonyl (C=O) groups is 8. The van der Waals surface area contributed by atoms with Crippen molar-refractivity contribution in [2.24, 2.45) is 11.5 Å². The minimum absolute atomic E-state index is 0.134. The first kappa shape index (κ1) is 80.1. The highest BCUT2D eigenvalue weighted by Gasteiger charge is 2.63. The fraction of sp³-hybridized carbons (Fsp3) is 0.750. The highest BCUT2D eigenvalue weighted by molar-refractivity contribution is 7.47. The number of nitrogens with two attached hydrogens (primary N) is 2. The van der Waals surface area contributed by atoms with Gasteiger partial charge >= 0.3 is 25.9 Å². The molecule has 5 aliphatic heterocycles. The summed E-state index contributed by atoms with van der Waals surface area (Å²) < 4.78 is 94.7. The number of nitrogens with one attached hydrogen (secondary N) is 3. The average molecular weight is 1420 g/mol. The molecular formula is C56H86N5O35P. The van der Waals surface area contributed by atoms with Gasteiger partial charge in [-0.05, 0) is 47.5 Å². The summed E-state index contributed by atoms with van der Waals surface area (Å²) in [6.07, 6.45) is -46.6. The van der Waals surface area contributed by atoms with Crippen molar-refractivity contribution in [3.05, 3.63) is 34.8 Å². The molecule has 19 N–H and O–H groups in total. The molecule has 41 heteroatoms. The lowest BCUT2D eigenvalue weighted by molar-refractivity contribution is -0.375. The van der Waals surface area contributed by atoms with Gasteiger partial charge in [-0.25, -0.2) is 14.2 Å². The number of Topliss-reactive ketones (excluding diaryl/α,β-unsaturated/α-hetero) is 1. The Labute approximate surface area is 552 Å². The van der Waals surface area contributed by atoms with E-state index < -0.39 is 246 Å². The van der Waals surface area contributed by atoms with Gasteiger partial charge < -0.3 is 145 Å². The largest absolute Gasteiger partial charge is 0.510 e. The molecule has 0 aromatic rings. The van der Waals surface area contributed by atoms with Gasteiger partial charge in [0.05, 0.1) is 32.5 Å². The molecule has 5 fully saturated rings. The van der Waals surface area contributed by atoms with E-state index in [1.807, 2.05) is 19.9 Å². The number of rotatable bonds is 29. The molecule has 40 nitrogen and oxygen atoms in total. The molecule has 97 heavy (non-hydrogen) atoms. The summed E-state index contributed by atoms with van der Waals surface area (Å²) >= 11 is 0. The molecule has 0 aromatic carbocycles. The summed E-state index contributed by atoms with van der Waals surface area (Å²) in [6.45, 7) is 6.55. The molecule has 5 saturated heterocycles. The molecule has 550 valence electrons. The van der Waals surface area contributed by atoms with Gasteiger partial charge in [-0.15, -0.1) is 0 Å². The first-order valence-corrected chi connectivity index (χ1v) is 31.7. The molecule has 5 heterocycles. The minimum Gasteiger partial charge on any atom is -0.510 e. The van der Waals surface area contributed by atoms with Gasteiger partial charge in [-0.3, -0.25) is 37.8 Å². The van der Waals surface area contributed by atoms with Gasteiger partial charge in [-0.2, -0.15) is 0 Å². The lowest BCUT2D eigenvalue weighted by atomic mass is 9.85. The summed E-state index contributed by atoms with van der Waals surface area (Å²) in [6, 6.07) is -4.01. The van der Waals surface area contributed by atoms with Crippen molar-refractivity contribution < 1.29 is 170 Å². The van der Waals surface area contributed by atoms with Crippen LogP contribution >= 0.6 is 7.82 Å². The van der Waals surface area contributed by atoms with Crippen molar-refractivity contribution in [3.63, 3.8) is 0 Å². The summed E-state index contributed by atoms with van der Waals surface area (Å²) in [5, 5.41) is 127. The third-order valence-electron chi connectivity index (χ3n) is 16.0. The van der Waals surface area contributed by atoms with Gasteiger partial charge in [0.25, 0.3) is 5.91 Å². The van der Waals surface area contributed by atoms with Crippen molar-refractivity contribution >= 4 is 55.3 Å². The van der Waals surface area contributed by atoms with Crippen LogP contribution in [0, 0.1) is 0 Å². The number of aliphatic hydroxyl groups excluding tert-OH is 9. The summed E-state index contributed by atoms with van der Waals surface area (Å²) in [5.74, 6) is -8.95. The van der Waals surface area contributed by atoms with E-state index in [1.54, 1.807) is 13.0 Å². The highest BCUT2D eigenvalue weighted by Crippen LogP contribution is 2.49. The lowest BCUT2D eigenvalue weighted by Gasteiger charge is -2.52. The number of carbonyl (C=O) groups excluding carboxylic acids is 7. The minimum atomic E-state index is -5.85. The number of hydrogen-bond donors (Lipinski definition) is 17. The van der Waals surface area contributed by atoms with E-state index in [2.05, 4.69) is 16.0 Å². The topological polar surface area (TPSA) is 614 Å². The quantitative estimate of drug-likeness (QED) is 0.0188. The summed E-state index contributed by atoms with van der Waals surface area (Å²) in [5.41, 5.74) is 9.43. The van der Waals surface area contributed by atoms with E-state index in [1.165, 1.54) is 6.92 Å². The maximum atomic E-state index is 14.0. The van der Waals surface area contributed by atoms with Crippen LogP contribution in [0.25, 0.3) is 0 Å². The lowest BCUT2D eigenvalue weighted by Crippen LogP contribution is -2.73. The van der Waals surface area contributed by atoms with Gasteiger partial charge in [-0.1, -0.05) is 23.3 Å². The Kier molecular flexibility index (Phi) is 28.5. The van der Waals surface area contributed by atoms with Crippen LogP contribution in [-0.2, 0) is 104 Å². The maximum Gasteiger partial charge on any atom is 0.474 e. The van der Waals surface area contributed by atoms with Gasteiger partial charge in [0, 0.05) is 33.6 Å². The number of amides is 5. The molecular weight excluding hydrogens is 1330 g/mol. The Morgan fingerprint density at radius 2 is 1.31 bits per heavy atom. The van der Waals surface area contributed by atoms with Crippen LogP contribution in [0.3, 0.4) is 0 Å². The van der Waals surface area contributed by atoms with Gasteiger partial charge in [0.15, 0.2) is 73.9 Å². The Morgan fingerprint density at radius 3 is 1.89 bits per heavy atom. The van der Waals surface area contributed by atoms with Crippen molar-refractivity contribution in [1.82, 2.24) is 16.0 Å². The van der Waals surface area contributed by atoms with E-state index in [4.69, 9.17) is 77.4 Å². The van der Waals surface area contributed by atoms with E-state index in [0.29, 0.717) is 12.8 Å². The third-order valence-corrected chi connectivity index (χ3v) is 17.0. The zero-order valence-electron chi connectivity index (χ0n) is 53.6. The fourth-order valence-corrected chi connectivity index (χ4v) is 12.0. The standard InChI is InChI=1S/C56H86N5O35P/c1-19(2)10-9-11-20(3)14-15-83-29(49(77)78)18-85-97(81,82)96-54-44(45(95-55(58)79)56(8,80)46(94-54)47(57)75)93-51-32(60-23(6)64)42(87-24(7)65)41(28(89-51)17-84-52-38(73)35(70)33(68)27(16-62)88-52)91-50-31(59-22(5)63)34(69)40(21(4)86-50)90-53-39(74)36(71)37(72)43(92-53)48(76)61-30-25(66)12-13-26(30)67/h10,14,21,27-29,31-46,50-54,62,66,68-74,80H,9,11-13,15-18H2,1-8H3,(H2,57,75)(H2,58,79)(H,59,63)(H,60,64)(H,61,76)(H,77,78)(H,81,82)/b20-14-/t21-,27-,28-,29-,31-,32-,33-,34-,35+,36+,37-,38-,39-,40+,41-,42-,43+,44-,45-,46-,50+,51+,52-,53+,54-,56+/m1/s1. The first-order chi connectivity index (χ1) is 45.3. The SMILES string of the molecule is CC(=O)N[C@H]1[C@H](O[C@H]2[C@H](OC(C)=O)[C@@H](NC(C)=O)[C@H](O[C@H]3[C@@H](OP(=O)(O)OC[C@@H](OC/C=C(/C)CCC=C(C)C)C(=O)O)O[C@H](C(N)=O)[C@@](C)(O)[C@@H]3OC(N)=O)O[C@@H]2CO[C@@H]2O[C@H](CO)[C@@H](O)[C@H](O)[C@H]2O)O[C@H](C)[C@H](O[C@H]2O[C@H](C(=O)NC3=C(O)CCC3=O)[C@H](O)[C@H](O)[C@H]2O)[C@@H]1O. The molecule has 6 aliphatic rings. The Bertz CT molecular complexity index is 2950.